The molecule has 0 saturated carbocycles. The van der Waals surface area contributed by atoms with Crippen molar-refractivity contribution in [2.24, 2.45) is 0 Å². The molecule has 1 unspecified atom stereocenters. The van der Waals surface area contributed by atoms with E-state index in [0.717, 1.165) is 12.6 Å². The Hall–Kier alpha value is -1.74. The number of hydrogen-bond acceptors (Lipinski definition) is 3. The van der Waals surface area contributed by atoms with Crippen molar-refractivity contribution in [1.29, 1.82) is 5.26 Å². The van der Waals surface area contributed by atoms with E-state index < -0.39 is 11.7 Å². The molecule has 116 valence electrons. The van der Waals surface area contributed by atoms with E-state index in [-0.39, 0.29) is 11.6 Å². The van der Waals surface area contributed by atoms with Crippen LogP contribution in [-0.2, 0) is 6.18 Å². The molecular weight excluding hydrogens is 279 g/mol. The first-order valence-electron chi connectivity index (χ1n) is 6.73. The third-order valence-electron chi connectivity index (χ3n) is 3.26. The molecular formula is C15H20F3N3. The summed E-state index contributed by atoms with van der Waals surface area (Å²) in [4.78, 5) is 4.00. The molecule has 0 spiro atoms. The summed E-state index contributed by atoms with van der Waals surface area (Å²) < 4.78 is 38.4. The first-order valence-corrected chi connectivity index (χ1v) is 6.73. The van der Waals surface area contributed by atoms with Gasteiger partial charge >= 0.3 is 6.18 Å². The third-order valence-corrected chi connectivity index (χ3v) is 3.26. The number of nitrogens with zero attached hydrogens (tertiary/aromatic N) is 3. The van der Waals surface area contributed by atoms with E-state index in [1.54, 1.807) is 6.07 Å². The fraction of sp³-hybridized carbons (Fsp3) is 0.533. The number of alkyl halides is 3. The number of halogens is 3. The van der Waals surface area contributed by atoms with Crippen LogP contribution < -0.4 is 4.90 Å². The highest BCUT2D eigenvalue weighted by molar-refractivity contribution is 5.55. The van der Waals surface area contributed by atoms with Crippen molar-refractivity contribution < 1.29 is 13.2 Å². The fourth-order valence-corrected chi connectivity index (χ4v) is 2.43. The van der Waals surface area contributed by atoms with Crippen LogP contribution in [0, 0.1) is 11.3 Å². The van der Waals surface area contributed by atoms with E-state index in [2.05, 4.69) is 0 Å². The van der Waals surface area contributed by atoms with Gasteiger partial charge < -0.3 is 9.80 Å². The van der Waals surface area contributed by atoms with Gasteiger partial charge in [0.2, 0.25) is 0 Å². The van der Waals surface area contributed by atoms with E-state index in [1.807, 2.05) is 37.7 Å². The number of anilines is 1. The van der Waals surface area contributed by atoms with Gasteiger partial charge in [0.25, 0.3) is 0 Å². The van der Waals surface area contributed by atoms with Gasteiger partial charge in [0.1, 0.15) is 0 Å². The summed E-state index contributed by atoms with van der Waals surface area (Å²) in [5, 5.41) is 8.97. The van der Waals surface area contributed by atoms with Crippen molar-refractivity contribution >= 4 is 5.69 Å². The maximum Gasteiger partial charge on any atom is 0.417 e. The molecule has 1 aromatic rings. The molecule has 6 heteroatoms. The van der Waals surface area contributed by atoms with Crippen LogP contribution >= 0.6 is 0 Å². The van der Waals surface area contributed by atoms with Crippen LogP contribution in [0.5, 0.6) is 0 Å². The summed E-state index contributed by atoms with van der Waals surface area (Å²) in [6, 6.07) is 5.51. The van der Waals surface area contributed by atoms with Gasteiger partial charge in [0.15, 0.2) is 0 Å². The maximum absolute atomic E-state index is 12.8. The Bertz CT molecular complexity index is 518. The average Bonchev–Trinajstić information content (AvgIpc) is 2.37. The number of benzene rings is 1. The van der Waals surface area contributed by atoms with E-state index in [0.29, 0.717) is 12.2 Å². The Labute approximate surface area is 123 Å². The van der Waals surface area contributed by atoms with Gasteiger partial charge in [-0.25, -0.2) is 0 Å². The normalized spacial score (nSPS) is 13.1. The maximum atomic E-state index is 12.8. The van der Waals surface area contributed by atoms with E-state index >= 15 is 0 Å². The highest BCUT2D eigenvalue weighted by Crippen LogP contribution is 2.34. The third kappa shape index (κ3) is 4.36. The van der Waals surface area contributed by atoms with Crippen LogP contribution in [0.25, 0.3) is 0 Å². The fourth-order valence-electron chi connectivity index (χ4n) is 2.43. The van der Waals surface area contributed by atoms with Gasteiger partial charge in [-0.05, 0) is 46.1 Å². The van der Waals surface area contributed by atoms with Gasteiger partial charge in [0.05, 0.1) is 17.2 Å². The van der Waals surface area contributed by atoms with Crippen LogP contribution in [0.4, 0.5) is 18.9 Å². The Balaban J connectivity index is 3.16. The highest BCUT2D eigenvalue weighted by Gasteiger charge is 2.33. The lowest BCUT2D eigenvalue weighted by molar-refractivity contribution is -0.137. The van der Waals surface area contributed by atoms with Crippen molar-refractivity contribution in [2.75, 3.05) is 32.1 Å². The highest BCUT2D eigenvalue weighted by atomic mass is 19.4. The smallest absolute Gasteiger partial charge is 0.368 e. The summed E-state index contributed by atoms with van der Waals surface area (Å²) in [6.07, 6.45) is -4.50. The molecule has 0 heterocycles. The lowest BCUT2D eigenvalue weighted by Crippen LogP contribution is -2.40. The SMILES string of the molecule is CCN(c1ccc(C(F)(F)F)c(C#N)c1)C(C)CN(C)C. The molecule has 1 rings (SSSR count). The minimum absolute atomic E-state index is 0.133. The Morgan fingerprint density at radius 3 is 2.33 bits per heavy atom. The molecule has 0 aromatic heterocycles. The van der Waals surface area contributed by atoms with Gasteiger partial charge in [-0.15, -0.1) is 0 Å². The predicted molar refractivity (Wildman–Crippen MR) is 77.2 cm³/mol. The molecule has 0 bridgehead atoms. The molecule has 1 atom stereocenters. The summed E-state index contributed by atoms with van der Waals surface area (Å²) in [7, 11) is 3.88. The Morgan fingerprint density at radius 1 is 1.29 bits per heavy atom. The predicted octanol–water partition coefficient (Wildman–Crippen LogP) is 3.35. The van der Waals surface area contributed by atoms with Crippen molar-refractivity contribution in [3.05, 3.63) is 29.3 Å². The molecule has 0 radical (unpaired) electrons. The second-order valence-electron chi connectivity index (χ2n) is 5.24. The molecule has 0 amide bonds. The lowest BCUT2D eigenvalue weighted by Gasteiger charge is -2.32. The summed E-state index contributed by atoms with van der Waals surface area (Å²) in [5.41, 5.74) is -0.586. The number of rotatable bonds is 5. The summed E-state index contributed by atoms with van der Waals surface area (Å²) in [5.74, 6) is 0. The topological polar surface area (TPSA) is 30.3 Å². The summed E-state index contributed by atoms with van der Waals surface area (Å²) in [6.45, 7) is 5.38. The quantitative estimate of drug-likeness (QED) is 0.835. The Kier molecular flexibility index (Phi) is 5.62. The summed E-state index contributed by atoms with van der Waals surface area (Å²) >= 11 is 0. The second-order valence-corrected chi connectivity index (χ2v) is 5.24. The average molecular weight is 299 g/mol. The van der Waals surface area contributed by atoms with Gasteiger partial charge in [-0.2, -0.15) is 18.4 Å². The van der Waals surface area contributed by atoms with Crippen LogP contribution in [0.1, 0.15) is 25.0 Å². The minimum Gasteiger partial charge on any atom is -0.368 e. The molecule has 0 aliphatic carbocycles. The molecule has 0 N–H and O–H groups in total. The number of likely N-dealkylation sites (N-methyl/N-ethyl adjacent to an activating group) is 2. The van der Waals surface area contributed by atoms with Crippen molar-refractivity contribution in [2.45, 2.75) is 26.1 Å². The largest absolute Gasteiger partial charge is 0.417 e. The van der Waals surface area contributed by atoms with Crippen LogP contribution in [0.15, 0.2) is 18.2 Å². The first-order chi connectivity index (χ1) is 9.70. The molecule has 0 aliphatic heterocycles. The molecule has 0 fully saturated rings. The molecule has 3 nitrogen and oxygen atoms in total. The number of nitriles is 1. The monoisotopic (exact) mass is 299 g/mol. The van der Waals surface area contributed by atoms with E-state index in [1.165, 1.54) is 12.1 Å². The standard InChI is InChI=1S/C15H20F3N3/c1-5-21(11(2)10-20(3)4)13-6-7-14(15(16,17)18)12(8-13)9-19/h6-8,11H,5,10H2,1-4H3. The molecule has 0 aliphatic rings. The molecule has 21 heavy (non-hydrogen) atoms. The van der Waals surface area contributed by atoms with Crippen LogP contribution in [-0.4, -0.2) is 38.1 Å². The van der Waals surface area contributed by atoms with Crippen molar-refractivity contribution in [3.63, 3.8) is 0 Å². The van der Waals surface area contributed by atoms with Gasteiger partial charge in [0, 0.05) is 24.8 Å². The zero-order valence-electron chi connectivity index (χ0n) is 12.7. The number of hydrogen-bond donors (Lipinski definition) is 0. The van der Waals surface area contributed by atoms with E-state index in [4.69, 9.17) is 5.26 Å². The zero-order valence-corrected chi connectivity index (χ0v) is 12.7. The molecule has 0 saturated heterocycles. The Morgan fingerprint density at radius 2 is 1.90 bits per heavy atom. The van der Waals surface area contributed by atoms with E-state index in [9.17, 15) is 13.2 Å². The van der Waals surface area contributed by atoms with Gasteiger partial charge in [-0.1, -0.05) is 0 Å². The zero-order chi connectivity index (χ0) is 16.2. The van der Waals surface area contributed by atoms with Crippen molar-refractivity contribution in [3.8, 4) is 6.07 Å². The van der Waals surface area contributed by atoms with Crippen molar-refractivity contribution in [1.82, 2.24) is 4.90 Å². The van der Waals surface area contributed by atoms with Gasteiger partial charge in [-0.3, -0.25) is 0 Å². The lowest BCUT2D eigenvalue weighted by atomic mass is 10.1. The first kappa shape index (κ1) is 17.3. The second kappa shape index (κ2) is 6.81. The molecule has 1 aromatic carbocycles. The minimum atomic E-state index is -4.50. The van der Waals surface area contributed by atoms with Crippen LogP contribution in [0.2, 0.25) is 0 Å². The van der Waals surface area contributed by atoms with Crippen LogP contribution in [0.3, 0.4) is 0 Å².